The zero-order chi connectivity index (χ0) is 21.5. The van der Waals surface area contributed by atoms with Crippen LogP contribution in [0.4, 0.5) is 22.0 Å². The SMILES string of the molecule is C#CCNc1cccnc1N1CCN(C(=O)Nc2cc(CC)c(C)nc2OC)CC1. The Morgan fingerprint density at radius 2 is 2.07 bits per heavy atom. The first-order chi connectivity index (χ1) is 14.6. The van der Waals surface area contributed by atoms with Crippen LogP contribution >= 0.6 is 0 Å². The largest absolute Gasteiger partial charge is 0.480 e. The number of hydrogen-bond acceptors (Lipinski definition) is 6. The molecule has 0 aromatic carbocycles. The van der Waals surface area contributed by atoms with E-state index in [-0.39, 0.29) is 6.03 Å². The highest BCUT2D eigenvalue weighted by molar-refractivity contribution is 5.91. The summed E-state index contributed by atoms with van der Waals surface area (Å²) < 4.78 is 5.35. The van der Waals surface area contributed by atoms with Crippen molar-refractivity contribution in [3.63, 3.8) is 0 Å². The fraction of sp³-hybridized carbons (Fsp3) is 0.409. The minimum absolute atomic E-state index is 0.160. The van der Waals surface area contributed by atoms with Gasteiger partial charge in [0.25, 0.3) is 0 Å². The number of nitrogens with zero attached hydrogens (tertiary/aromatic N) is 4. The molecule has 1 aliphatic rings. The summed E-state index contributed by atoms with van der Waals surface area (Å²) in [6.45, 7) is 6.96. The minimum atomic E-state index is -0.160. The number of nitrogens with one attached hydrogen (secondary N) is 2. The predicted molar refractivity (Wildman–Crippen MR) is 119 cm³/mol. The zero-order valence-corrected chi connectivity index (χ0v) is 17.7. The summed E-state index contributed by atoms with van der Waals surface area (Å²) in [4.78, 5) is 25.7. The fourth-order valence-corrected chi connectivity index (χ4v) is 3.48. The molecule has 0 bridgehead atoms. The number of ether oxygens (including phenoxy) is 1. The Kier molecular flexibility index (Phi) is 6.96. The third-order valence-corrected chi connectivity index (χ3v) is 5.13. The maximum absolute atomic E-state index is 12.8. The van der Waals surface area contributed by atoms with Crippen molar-refractivity contribution in [3.05, 3.63) is 35.7 Å². The van der Waals surface area contributed by atoms with Gasteiger partial charge in [0.15, 0.2) is 5.82 Å². The molecule has 0 unspecified atom stereocenters. The number of aromatic nitrogens is 2. The molecule has 158 valence electrons. The van der Waals surface area contributed by atoms with Crippen molar-refractivity contribution in [2.24, 2.45) is 0 Å². The van der Waals surface area contributed by atoms with Crippen LogP contribution in [0.2, 0.25) is 0 Å². The molecule has 2 N–H and O–H groups in total. The Bertz CT molecular complexity index is 932. The summed E-state index contributed by atoms with van der Waals surface area (Å²) in [6.07, 6.45) is 7.95. The lowest BCUT2D eigenvalue weighted by Gasteiger charge is -2.36. The number of pyridine rings is 2. The van der Waals surface area contributed by atoms with Crippen molar-refractivity contribution in [1.82, 2.24) is 14.9 Å². The summed E-state index contributed by atoms with van der Waals surface area (Å²) in [6, 6.07) is 5.61. The van der Waals surface area contributed by atoms with E-state index in [1.807, 2.05) is 25.1 Å². The third-order valence-electron chi connectivity index (χ3n) is 5.13. The highest BCUT2D eigenvalue weighted by Crippen LogP contribution is 2.27. The van der Waals surface area contributed by atoms with E-state index < -0.39 is 0 Å². The lowest BCUT2D eigenvalue weighted by atomic mass is 10.1. The molecule has 0 radical (unpaired) electrons. The average molecular weight is 409 g/mol. The second-order valence-electron chi connectivity index (χ2n) is 6.98. The number of carbonyl (C=O) groups is 1. The molecule has 30 heavy (non-hydrogen) atoms. The van der Waals surface area contributed by atoms with E-state index in [1.165, 1.54) is 0 Å². The van der Waals surface area contributed by atoms with Gasteiger partial charge in [-0.15, -0.1) is 6.42 Å². The van der Waals surface area contributed by atoms with Gasteiger partial charge in [0.2, 0.25) is 5.88 Å². The first kappa shape index (κ1) is 21.2. The van der Waals surface area contributed by atoms with Gasteiger partial charge in [-0.05, 0) is 37.1 Å². The summed E-state index contributed by atoms with van der Waals surface area (Å²) in [5, 5.41) is 6.16. The van der Waals surface area contributed by atoms with E-state index in [9.17, 15) is 4.79 Å². The number of methoxy groups -OCH3 is 1. The molecule has 1 saturated heterocycles. The number of terminal acetylenes is 1. The van der Waals surface area contributed by atoms with Gasteiger partial charge in [-0.1, -0.05) is 12.8 Å². The average Bonchev–Trinajstić information content (AvgIpc) is 2.78. The monoisotopic (exact) mass is 408 g/mol. The van der Waals surface area contributed by atoms with Crippen molar-refractivity contribution in [1.29, 1.82) is 0 Å². The topological polar surface area (TPSA) is 82.6 Å². The molecule has 3 rings (SSSR count). The van der Waals surface area contributed by atoms with Crippen LogP contribution in [0.5, 0.6) is 5.88 Å². The number of rotatable bonds is 6. The van der Waals surface area contributed by atoms with E-state index >= 15 is 0 Å². The van der Waals surface area contributed by atoms with E-state index in [0.717, 1.165) is 29.2 Å². The van der Waals surface area contributed by atoms with Crippen LogP contribution in [-0.4, -0.2) is 60.7 Å². The van der Waals surface area contributed by atoms with Crippen molar-refractivity contribution < 1.29 is 9.53 Å². The van der Waals surface area contributed by atoms with Crippen molar-refractivity contribution in [2.75, 3.05) is 55.4 Å². The standard InChI is InChI=1S/C22H28N6O2/c1-5-9-23-18-8-7-10-24-20(18)27-11-13-28(14-12-27)22(29)26-19-15-17(6-2)16(3)25-21(19)30-4/h1,7-8,10,15,23H,6,9,11-14H2,2-4H3,(H,26,29). The van der Waals surface area contributed by atoms with Crippen LogP contribution in [0.25, 0.3) is 0 Å². The number of amides is 2. The smallest absolute Gasteiger partial charge is 0.322 e. The highest BCUT2D eigenvalue weighted by atomic mass is 16.5. The summed E-state index contributed by atoms with van der Waals surface area (Å²) in [5.41, 5.74) is 3.48. The van der Waals surface area contributed by atoms with E-state index in [2.05, 4.69) is 38.3 Å². The predicted octanol–water partition coefficient (Wildman–Crippen LogP) is 2.76. The molecule has 1 fully saturated rings. The lowest BCUT2D eigenvalue weighted by molar-refractivity contribution is 0.208. The Morgan fingerprint density at radius 3 is 2.73 bits per heavy atom. The first-order valence-corrected chi connectivity index (χ1v) is 10.0. The Labute approximate surface area is 177 Å². The molecule has 2 aromatic rings. The number of carbonyl (C=O) groups excluding carboxylic acids is 1. The van der Waals surface area contributed by atoms with Crippen molar-refractivity contribution in [3.8, 4) is 18.2 Å². The second kappa shape index (κ2) is 9.83. The normalized spacial score (nSPS) is 13.5. The lowest BCUT2D eigenvalue weighted by Crippen LogP contribution is -2.50. The second-order valence-corrected chi connectivity index (χ2v) is 6.98. The van der Waals surface area contributed by atoms with Crippen molar-refractivity contribution in [2.45, 2.75) is 20.3 Å². The number of anilines is 3. The van der Waals surface area contributed by atoms with Gasteiger partial charge < -0.3 is 25.2 Å². The van der Waals surface area contributed by atoms with Crippen LogP contribution in [0.1, 0.15) is 18.2 Å². The summed E-state index contributed by atoms with van der Waals surface area (Å²) in [7, 11) is 1.56. The molecule has 0 saturated carbocycles. The quantitative estimate of drug-likeness (QED) is 0.716. The van der Waals surface area contributed by atoms with E-state index in [1.54, 1.807) is 18.2 Å². The Balaban J connectivity index is 1.65. The van der Waals surface area contributed by atoms with Gasteiger partial charge >= 0.3 is 6.03 Å². The molecule has 8 heteroatoms. The molecule has 2 amide bonds. The number of hydrogen-bond donors (Lipinski definition) is 2. The van der Waals surface area contributed by atoms with Gasteiger partial charge in [-0.2, -0.15) is 0 Å². The Hall–Kier alpha value is -3.47. The van der Waals surface area contributed by atoms with E-state index in [4.69, 9.17) is 11.2 Å². The van der Waals surface area contributed by atoms with Crippen LogP contribution in [0, 0.1) is 19.3 Å². The first-order valence-electron chi connectivity index (χ1n) is 10.0. The zero-order valence-electron chi connectivity index (χ0n) is 17.7. The summed E-state index contributed by atoms with van der Waals surface area (Å²) in [5.74, 6) is 3.86. The molecule has 0 aliphatic carbocycles. The number of piperazine rings is 1. The van der Waals surface area contributed by atoms with Crippen molar-refractivity contribution >= 4 is 23.2 Å². The van der Waals surface area contributed by atoms with Crippen LogP contribution < -0.4 is 20.3 Å². The van der Waals surface area contributed by atoms with Crippen LogP contribution in [0.3, 0.4) is 0 Å². The Morgan fingerprint density at radius 1 is 1.30 bits per heavy atom. The van der Waals surface area contributed by atoms with Gasteiger partial charge in [-0.3, -0.25) is 0 Å². The van der Waals surface area contributed by atoms with E-state index in [0.29, 0.717) is 44.3 Å². The number of urea groups is 1. The molecular weight excluding hydrogens is 380 g/mol. The maximum atomic E-state index is 12.8. The maximum Gasteiger partial charge on any atom is 0.322 e. The molecule has 0 atom stereocenters. The molecule has 3 heterocycles. The van der Waals surface area contributed by atoms with Crippen LogP contribution in [0.15, 0.2) is 24.4 Å². The fourth-order valence-electron chi connectivity index (χ4n) is 3.48. The van der Waals surface area contributed by atoms with Gasteiger partial charge in [0.05, 0.1) is 19.3 Å². The van der Waals surface area contributed by atoms with Gasteiger partial charge in [0.1, 0.15) is 5.69 Å². The molecular formula is C22H28N6O2. The van der Waals surface area contributed by atoms with Crippen LogP contribution in [-0.2, 0) is 6.42 Å². The van der Waals surface area contributed by atoms with Gasteiger partial charge in [0, 0.05) is 38.1 Å². The minimum Gasteiger partial charge on any atom is -0.480 e. The number of aryl methyl sites for hydroxylation is 2. The molecule has 1 aliphatic heterocycles. The highest BCUT2D eigenvalue weighted by Gasteiger charge is 2.24. The molecule has 0 spiro atoms. The summed E-state index contributed by atoms with van der Waals surface area (Å²) >= 11 is 0. The van der Waals surface area contributed by atoms with Gasteiger partial charge in [-0.25, -0.2) is 14.8 Å². The molecule has 8 nitrogen and oxygen atoms in total. The molecule has 2 aromatic heterocycles. The third kappa shape index (κ3) is 4.74.